The number of hydrogen-bond acceptors (Lipinski definition) is 5. The monoisotopic (exact) mass is 515 g/mol. The number of carboxylic acids is 1. The van der Waals surface area contributed by atoms with Gasteiger partial charge < -0.3 is 29.4 Å². The summed E-state index contributed by atoms with van der Waals surface area (Å²) in [6, 6.07) is 5.41. The molecule has 2 N–H and O–H groups in total. The van der Waals surface area contributed by atoms with Crippen molar-refractivity contribution in [2.45, 2.75) is 58.2 Å². The van der Waals surface area contributed by atoms with Crippen LogP contribution < -0.4 is 10.1 Å². The van der Waals surface area contributed by atoms with Gasteiger partial charge in [-0.05, 0) is 52.1 Å². The highest BCUT2D eigenvalue weighted by Crippen LogP contribution is 2.38. The van der Waals surface area contributed by atoms with Crippen LogP contribution in [0, 0.1) is 0 Å². The van der Waals surface area contributed by atoms with E-state index in [-0.39, 0.29) is 30.4 Å². The fourth-order valence-electron chi connectivity index (χ4n) is 4.56. The summed E-state index contributed by atoms with van der Waals surface area (Å²) >= 11 is 6.84. The molecule has 1 amide bonds. The van der Waals surface area contributed by atoms with Crippen molar-refractivity contribution in [3.63, 3.8) is 0 Å². The zero-order valence-corrected chi connectivity index (χ0v) is 21.6. The molecule has 8 nitrogen and oxygen atoms in total. The third-order valence-corrected chi connectivity index (χ3v) is 6.35. The number of methoxy groups -OCH3 is 1. The average Bonchev–Trinajstić information content (AvgIpc) is 3.08. The van der Waals surface area contributed by atoms with Crippen molar-refractivity contribution in [1.82, 2.24) is 14.8 Å². The number of carboxylic acid groups (broad SMARTS) is 1. The number of benzene rings is 1. The number of hydrogen-bond donors (Lipinski definition) is 2. The summed E-state index contributed by atoms with van der Waals surface area (Å²) in [7, 11) is 1.66. The normalized spacial score (nSPS) is 15.9. The van der Waals surface area contributed by atoms with Gasteiger partial charge in [0.05, 0.1) is 10.5 Å². The van der Waals surface area contributed by atoms with Crippen molar-refractivity contribution in [2.75, 3.05) is 33.4 Å². The summed E-state index contributed by atoms with van der Waals surface area (Å²) < 4.78 is 12.7. The van der Waals surface area contributed by atoms with Crippen molar-refractivity contribution in [3.8, 4) is 5.75 Å². The third kappa shape index (κ3) is 6.36. The zero-order chi connectivity index (χ0) is 24.0. The molecule has 190 valence electrons. The van der Waals surface area contributed by atoms with Crippen LogP contribution in [0.1, 0.15) is 50.0 Å². The topological polar surface area (TPSA) is 93.0 Å². The summed E-state index contributed by atoms with van der Waals surface area (Å²) in [5.41, 5.74) is 1.07. The van der Waals surface area contributed by atoms with Crippen LogP contribution in [0.5, 0.6) is 5.75 Å². The van der Waals surface area contributed by atoms with Crippen LogP contribution in [0.15, 0.2) is 18.2 Å². The smallest absolute Gasteiger partial charge is 0.341 e. The number of ether oxygens (including phenoxy) is 2. The van der Waals surface area contributed by atoms with Gasteiger partial charge >= 0.3 is 5.97 Å². The SMILES string of the molecule is COCCCCn1c(C(=O)N(C(C)C)[C@@H]2CCCNC2)c(Cl)c2cccc(OCC(=O)O)c21.Cl. The van der Waals surface area contributed by atoms with E-state index >= 15 is 0 Å². The molecule has 1 aromatic carbocycles. The highest BCUT2D eigenvalue weighted by atomic mass is 35.5. The molecule has 1 aliphatic heterocycles. The van der Waals surface area contributed by atoms with Crippen LogP contribution in [-0.4, -0.2) is 71.9 Å². The van der Waals surface area contributed by atoms with E-state index in [4.69, 9.17) is 26.2 Å². The van der Waals surface area contributed by atoms with Gasteiger partial charge in [0.15, 0.2) is 6.61 Å². The number of aliphatic carboxylic acids is 1. The molecule has 1 fully saturated rings. The number of piperidine rings is 1. The molecule has 0 spiro atoms. The van der Waals surface area contributed by atoms with E-state index in [0.29, 0.717) is 40.5 Å². The molecule has 1 aromatic heterocycles. The van der Waals surface area contributed by atoms with Crippen LogP contribution in [-0.2, 0) is 16.1 Å². The van der Waals surface area contributed by atoms with Gasteiger partial charge in [0.1, 0.15) is 11.4 Å². The minimum Gasteiger partial charge on any atom is -0.480 e. The molecule has 0 radical (unpaired) electrons. The van der Waals surface area contributed by atoms with Gasteiger partial charge in [-0.3, -0.25) is 4.79 Å². The van der Waals surface area contributed by atoms with Gasteiger partial charge in [-0.15, -0.1) is 12.4 Å². The number of halogens is 2. The van der Waals surface area contributed by atoms with Crippen LogP contribution in [0.4, 0.5) is 0 Å². The first kappa shape index (κ1) is 28.2. The summed E-state index contributed by atoms with van der Waals surface area (Å²) in [6.07, 6.45) is 3.55. The number of nitrogens with one attached hydrogen (secondary N) is 1. The van der Waals surface area contributed by atoms with Crippen LogP contribution in [0.2, 0.25) is 5.02 Å². The molecule has 1 saturated heterocycles. The van der Waals surface area contributed by atoms with E-state index in [0.717, 1.165) is 38.8 Å². The minimum atomic E-state index is -1.07. The molecule has 0 bridgehead atoms. The second-order valence-electron chi connectivity index (χ2n) is 8.66. The van der Waals surface area contributed by atoms with Crippen molar-refractivity contribution >= 4 is 46.8 Å². The van der Waals surface area contributed by atoms with Gasteiger partial charge in [0.2, 0.25) is 0 Å². The quantitative estimate of drug-likeness (QED) is 0.435. The van der Waals surface area contributed by atoms with E-state index in [9.17, 15) is 9.59 Å². The first-order valence-electron chi connectivity index (χ1n) is 11.5. The van der Waals surface area contributed by atoms with E-state index in [1.165, 1.54) is 0 Å². The van der Waals surface area contributed by atoms with Gasteiger partial charge in [-0.2, -0.15) is 0 Å². The van der Waals surface area contributed by atoms with E-state index in [1.54, 1.807) is 19.2 Å². The molecule has 0 unspecified atom stereocenters. The predicted octanol–water partition coefficient (Wildman–Crippen LogP) is 4.21. The van der Waals surface area contributed by atoms with Crippen LogP contribution in [0.3, 0.4) is 0 Å². The molecule has 1 aliphatic rings. The maximum absolute atomic E-state index is 14.0. The van der Waals surface area contributed by atoms with Crippen molar-refractivity contribution in [2.24, 2.45) is 0 Å². The lowest BCUT2D eigenvalue weighted by atomic mass is 10.0. The van der Waals surface area contributed by atoms with E-state index in [2.05, 4.69) is 5.32 Å². The Labute approximate surface area is 211 Å². The number of nitrogens with zero attached hydrogens (tertiary/aromatic N) is 2. The fraction of sp³-hybridized carbons (Fsp3) is 0.583. The number of carbonyl (C=O) groups is 2. The predicted molar refractivity (Wildman–Crippen MR) is 136 cm³/mol. The van der Waals surface area contributed by atoms with Crippen LogP contribution >= 0.6 is 24.0 Å². The second kappa shape index (κ2) is 13.2. The van der Waals surface area contributed by atoms with Crippen molar-refractivity contribution in [1.29, 1.82) is 0 Å². The number of aryl methyl sites for hydroxylation is 1. The van der Waals surface area contributed by atoms with E-state index in [1.807, 2.05) is 29.4 Å². The molecular formula is C24H35Cl2N3O5. The molecule has 0 aliphatic carbocycles. The number of para-hydroxylation sites is 1. The average molecular weight is 516 g/mol. The first-order valence-corrected chi connectivity index (χ1v) is 11.9. The number of aromatic nitrogens is 1. The lowest BCUT2D eigenvalue weighted by molar-refractivity contribution is -0.139. The molecule has 2 aromatic rings. The Balaban J connectivity index is 0.00000408. The largest absolute Gasteiger partial charge is 0.480 e. The van der Waals surface area contributed by atoms with Gasteiger partial charge in [-0.1, -0.05) is 23.7 Å². The Bertz CT molecular complexity index is 973. The Morgan fingerprint density at radius 2 is 2.09 bits per heavy atom. The first-order chi connectivity index (χ1) is 15.9. The van der Waals surface area contributed by atoms with Crippen LogP contribution in [0.25, 0.3) is 10.9 Å². The number of amides is 1. The number of fused-ring (bicyclic) bond motifs is 1. The molecule has 10 heteroatoms. The molecule has 34 heavy (non-hydrogen) atoms. The molecule has 0 saturated carbocycles. The molecule has 3 rings (SSSR count). The minimum absolute atomic E-state index is 0. The lowest BCUT2D eigenvalue weighted by Crippen LogP contribution is -2.52. The second-order valence-corrected chi connectivity index (χ2v) is 9.03. The maximum atomic E-state index is 14.0. The number of carbonyl (C=O) groups excluding carboxylic acids is 1. The van der Waals surface area contributed by atoms with Gasteiger partial charge in [0, 0.05) is 44.3 Å². The highest BCUT2D eigenvalue weighted by Gasteiger charge is 2.33. The number of rotatable bonds is 11. The summed E-state index contributed by atoms with van der Waals surface area (Å²) in [6.45, 7) is 6.44. The molecule has 2 heterocycles. The molecule has 1 atom stereocenters. The van der Waals surface area contributed by atoms with E-state index < -0.39 is 12.6 Å². The Morgan fingerprint density at radius 1 is 1.32 bits per heavy atom. The maximum Gasteiger partial charge on any atom is 0.341 e. The van der Waals surface area contributed by atoms with Crippen molar-refractivity contribution < 1.29 is 24.2 Å². The third-order valence-electron chi connectivity index (χ3n) is 5.97. The summed E-state index contributed by atoms with van der Waals surface area (Å²) in [5.74, 6) is -0.780. The summed E-state index contributed by atoms with van der Waals surface area (Å²) in [5, 5.41) is 13.6. The fourth-order valence-corrected chi connectivity index (χ4v) is 4.89. The molecular weight excluding hydrogens is 481 g/mol. The summed E-state index contributed by atoms with van der Waals surface area (Å²) in [4.78, 5) is 27.0. The Hall–Kier alpha value is -2.00. The Morgan fingerprint density at radius 3 is 2.71 bits per heavy atom. The van der Waals surface area contributed by atoms with Gasteiger partial charge in [0.25, 0.3) is 5.91 Å². The highest BCUT2D eigenvalue weighted by molar-refractivity contribution is 6.39. The number of unbranched alkanes of at least 4 members (excludes halogenated alkanes) is 1. The zero-order valence-electron chi connectivity index (χ0n) is 20.0. The van der Waals surface area contributed by atoms with Gasteiger partial charge in [-0.25, -0.2) is 4.79 Å². The Kier molecular flexibility index (Phi) is 11.0. The van der Waals surface area contributed by atoms with Crippen molar-refractivity contribution in [3.05, 3.63) is 28.9 Å². The lowest BCUT2D eigenvalue weighted by Gasteiger charge is -2.38. The standard InChI is InChI=1S/C24H34ClN3O5.ClH/c1-16(2)28(17-8-7-11-26-14-17)24(31)23-21(25)18-9-6-10-19(33-15-20(29)30)22(18)27(23)12-4-5-13-32-3;/h6,9-10,16-17,26H,4-5,7-8,11-15H2,1-3H3,(H,29,30);1H/t17-;/m1./s1.